The number of amides is 2. The highest BCUT2D eigenvalue weighted by Crippen LogP contribution is 2.45. The molecule has 0 aromatic heterocycles. The van der Waals surface area contributed by atoms with E-state index in [1.807, 2.05) is 0 Å². The van der Waals surface area contributed by atoms with Crippen LogP contribution in [0.15, 0.2) is 0 Å². The molecule has 0 spiro atoms. The number of carbonyl (C=O) groups is 2. The summed E-state index contributed by atoms with van der Waals surface area (Å²) in [6, 6.07) is 0. The number of piperidine rings is 1. The lowest BCUT2D eigenvalue weighted by Crippen LogP contribution is -2.52. The molecule has 3 aliphatic rings. The van der Waals surface area contributed by atoms with E-state index in [9.17, 15) is 9.59 Å². The quantitative estimate of drug-likeness (QED) is 0.825. The number of hydrogen-bond acceptors (Lipinski definition) is 3. The molecule has 3 rings (SSSR count). The lowest BCUT2D eigenvalue weighted by atomic mass is 9.67. The maximum Gasteiger partial charge on any atom is 0.230 e. The molecule has 0 unspecified atom stereocenters. The zero-order chi connectivity index (χ0) is 16.3. The Morgan fingerprint density at radius 3 is 2.74 bits per heavy atom. The minimum absolute atomic E-state index is 0.0898. The zero-order valence-corrected chi connectivity index (χ0v) is 14.4. The maximum atomic E-state index is 13.2. The lowest BCUT2D eigenvalue weighted by molar-refractivity contribution is -0.148. The third-order valence-corrected chi connectivity index (χ3v) is 6.17. The van der Waals surface area contributed by atoms with Gasteiger partial charge in [0, 0.05) is 32.1 Å². The summed E-state index contributed by atoms with van der Waals surface area (Å²) in [5.74, 6) is 1.15. The van der Waals surface area contributed by atoms with Gasteiger partial charge in [0.05, 0.1) is 5.41 Å². The molecule has 2 N–H and O–H groups in total. The van der Waals surface area contributed by atoms with Crippen LogP contribution in [0.4, 0.5) is 0 Å². The number of rotatable bonds is 4. The zero-order valence-electron chi connectivity index (χ0n) is 14.4. The number of likely N-dealkylation sites (tertiary alicyclic amines) is 1. The van der Waals surface area contributed by atoms with Crippen molar-refractivity contribution in [3.05, 3.63) is 0 Å². The van der Waals surface area contributed by atoms with Crippen molar-refractivity contribution < 1.29 is 9.59 Å². The molecule has 2 heterocycles. The molecule has 5 heteroatoms. The average molecular weight is 321 g/mol. The second kappa shape index (κ2) is 7.20. The van der Waals surface area contributed by atoms with Gasteiger partial charge in [-0.2, -0.15) is 0 Å². The normalized spacial score (nSPS) is 31.7. The van der Waals surface area contributed by atoms with E-state index in [0.717, 1.165) is 58.4 Å². The van der Waals surface area contributed by atoms with Gasteiger partial charge in [0.1, 0.15) is 0 Å². The largest absolute Gasteiger partial charge is 0.356 e. The molecule has 0 aromatic carbocycles. The van der Waals surface area contributed by atoms with Gasteiger partial charge in [-0.05, 0) is 44.6 Å². The summed E-state index contributed by atoms with van der Waals surface area (Å²) in [5.41, 5.74) is -0.143. The van der Waals surface area contributed by atoms with Crippen molar-refractivity contribution in [2.24, 2.45) is 17.3 Å². The summed E-state index contributed by atoms with van der Waals surface area (Å²) >= 11 is 0. The summed E-state index contributed by atoms with van der Waals surface area (Å²) in [4.78, 5) is 27.3. The number of nitrogens with zero attached hydrogens (tertiary/aromatic N) is 1. The van der Waals surface area contributed by atoms with Crippen molar-refractivity contribution in [2.45, 2.75) is 51.9 Å². The summed E-state index contributed by atoms with van der Waals surface area (Å²) in [5, 5.41) is 6.46. The van der Waals surface area contributed by atoms with Crippen LogP contribution >= 0.6 is 0 Å². The van der Waals surface area contributed by atoms with Crippen LogP contribution in [-0.2, 0) is 9.59 Å². The molecule has 0 bridgehead atoms. The highest BCUT2D eigenvalue weighted by molar-refractivity contribution is 5.85. The van der Waals surface area contributed by atoms with E-state index in [1.165, 1.54) is 19.3 Å². The van der Waals surface area contributed by atoms with E-state index >= 15 is 0 Å². The Balaban J connectivity index is 1.57. The van der Waals surface area contributed by atoms with Crippen molar-refractivity contribution in [3.63, 3.8) is 0 Å². The van der Waals surface area contributed by atoms with Crippen LogP contribution in [0.25, 0.3) is 0 Å². The Morgan fingerprint density at radius 2 is 2.00 bits per heavy atom. The average Bonchev–Trinajstić information content (AvgIpc) is 3.04. The smallest absolute Gasteiger partial charge is 0.230 e. The van der Waals surface area contributed by atoms with Crippen LogP contribution in [0.5, 0.6) is 0 Å². The van der Waals surface area contributed by atoms with Gasteiger partial charge in [-0.3, -0.25) is 9.59 Å². The van der Waals surface area contributed by atoms with Crippen molar-refractivity contribution in [2.75, 3.05) is 32.7 Å². The van der Waals surface area contributed by atoms with Crippen molar-refractivity contribution in [3.8, 4) is 0 Å². The lowest BCUT2D eigenvalue weighted by Gasteiger charge is -2.42. The minimum Gasteiger partial charge on any atom is -0.356 e. The Bertz CT molecular complexity index is 446. The molecule has 0 radical (unpaired) electrons. The topological polar surface area (TPSA) is 61.4 Å². The highest BCUT2D eigenvalue weighted by Gasteiger charge is 2.51. The molecule has 3 fully saturated rings. The van der Waals surface area contributed by atoms with Gasteiger partial charge in [-0.1, -0.05) is 19.8 Å². The van der Waals surface area contributed by atoms with E-state index in [-0.39, 0.29) is 17.2 Å². The monoisotopic (exact) mass is 321 g/mol. The molecule has 0 aromatic rings. The molecule has 2 saturated heterocycles. The van der Waals surface area contributed by atoms with Crippen LogP contribution < -0.4 is 10.6 Å². The van der Waals surface area contributed by atoms with E-state index in [0.29, 0.717) is 11.8 Å². The van der Waals surface area contributed by atoms with Gasteiger partial charge >= 0.3 is 0 Å². The van der Waals surface area contributed by atoms with Crippen LogP contribution in [0.3, 0.4) is 0 Å². The molecule has 23 heavy (non-hydrogen) atoms. The van der Waals surface area contributed by atoms with Crippen LogP contribution in [-0.4, -0.2) is 49.4 Å². The van der Waals surface area contributed by atoms with Gasteiger partial charge in [0.15, 0.2) is 0 Å². The van der Waals surface area contributed by atoms with Gasteiger partial charge < -0.3 is 15.5 Å². The molecular formula is C18H31N3O2. The van der Waals surface area contributed by atoms with Crippen molar-refractivity contribution >= 4 is 11.8 Å². The van der Waals surface area contributed by atoms with E-state index < -0.39 is 0 Å². The Labute approximate surface area is 139 Å². The first-order valence-electron chi connectivity index (χ1n) is 9.45. The molecule has 1 aliphatic carbocycles. The molecular weight excluding hydrogens is 290 g/mol. The predicted octanol–water partition coefficient (Wildman–Crippen LogP) is 1.53. The number of nitrogens with one attached hydrogen (secondary N) is 2. The van der Waals surface area contributed by atoms with E-state index in [2.05, 4.69) is 22.5 Å². The second-order valence-corrected chi connectivity index (χ2v) is 7.59. The second-order valence-electron chi connectivity index (χ2n) is 7.59. The summed E-state index contributed by atoms with van der Waals surface area (Å²) in [7, 11) is 0. The highest BCUT2D eigenvalue weighted by atomic mass is 16.2. The van der Waals surface area contributed by atoms with E-state index in [4.69, 9.17) is 0 Å². The third-order valence-electron chi connectivity index (χ3n) is 6.17. The Hall–Kier alpha value is -1.10. The number of fused-ring (bicyclic) bond motifs is 1. The fraction of sp³-hybridized carbons (Fsp3) is 0.889. The van der Waals surface area contributed by atoms with E-state index in [1.54, 1.807) is 0 Å². The van der Waals surface area contributed by atoms with Gasteiger partial charge in [0.2, 0.25) is 11.8 Å². The van der Waals surface area contributed by atoms with Gasteiger partial charge in [0.25, 0.3) is 0 Å². The van der Waals surface area contributed by atoms with Crippen molar-refractivity contribution in [1.29, 1.82) is 0 Å². The number of hydrogen-bond donors (Lipinski definition) is 2. The molecule has 5 nitrogen and oxygen atoms in total. The number of carbonyl (C=O) groups excluding carboxylic acids is 2. The fourth-order valence-corrected chi connectivity index (χ4v) is 4.72. The molecule has 130 valence electrons. The summed E-state index contributed by atoms with van der Waals surface area (Å²) in [6.45, 7) is 6.18. The Morgan fingerprint density at radius 1 is 1.22 bits per heavy atom. The fourth-order valence-electron chi connectivity index (χ4n) is 4.72. The van der Waals surface area contributed by atoms with Crippen LogP contribution in [0.1, 0.15) is 51.9 Å². The maximum absolute atomic E-state index is 13.2. The first-order chi connectivity index (χ1) is 11.2. The van der Waals surface area contributed by atoms with Crippen molar-refractivity contribution in [1.82, 2.24) is 15.5 Å². The molecule has 1 saturated carbocycles. The first-order valence-corrected chi connectivity index (χ1v) is 9.45. The molecule has 2 amide bonds. The summed E-state index contributed by atoms with van der Waals surface area (Å²) < 4.78 is 0. The van der Waals surface area contributed by atoms with Gasteiger partial charge in [-0.15, -0.1) is 0 Å². The summed E-state index contributed by atoms with van der Waals surface area (Å²) in [6.07, 6.45) is 7.28. The molecule has 2 atom stereocenters. The van der Waals surface area contributed by atoms with Crippen LogP contribution in [0, 0.1) is 17.3 Å². The molecule has 2 aliphatic heterocycles. The third kappa shape index (κ3) is 3.25. The first kappa shape index (κ1) is 16.7. The predicted molar refractivity (Wildman–Crippen MR) is 89.9 cm³/mol. The van der Waals surface area contributed by atoms with Gasteiger partial charge in [-0.25, -0.2) is 0 Å². The standard InChI is InChI=1S/C18H31N3O2/c1-2-9-20-16(22)14-6-10-21(11-7-14)17(23)18-8-4-3-5-15(18)12-19-13-18/h14-15,19H,2-13H2,1H3,(H,20,22)/t15-,18+/m0/s1. The minimum atomic E-state index is -0.143. The van der Waals surface area contributed by atoms with Crippen LogP contribution in [0.2, 0.25) is 0 Å². The SMILES string of the molecule is CCCNC(=O)C1CCN(C(=O)[C@@]23CCCC[C@H]2CNC3)CC1. The Kier molecular flexibility index (Phi) is 5.24.